The van der Waals surface area contributed by atoms with Crippen LogP contribution < -0.4 is 23.6 Å². The number of hydrogen-bond acceptors (Lipinski definition) is 2. The number of methoxy groups -OCH3 is 1. The fraction of sp³-hybridized carbons (Fsp3) is 0.111. The van der Waals surface area contributed by atoms with Crippen LogP contribution in [0.3, 0.4) is 0 Å². The second-order valence-corrected chi connectivity index (χ2v) is 2.26. The van der Waals surface area contributed by atoms with Crippen molar-refractivity contribution in [1.82, 2.24) is 0 Å². The molecular formula is C9H7LiO2. The molecule has 2 rings (SSSR count). The van der Waals surface area contributed by atoms with Crippen molar-refractivity contribution in [1.29, 1.82) is 0 Å². The Balaban J connectivity index is 0.000000720. The van der Waals surface area contributed by atoms with Gasteiger partial charge in [0.15, 0.2) is 0 Å². The van der Waals surface area contributed by atoms with Crippen LogP contribution in [0.4, 0.5) is 0 Å². The minimum Gasteiger partial charge on any atom is -0.564 e. The van der Waals surface area contributed by atoms with Crippen LogP contribution in [-0.4, -0.2) is 7.11 Å². The summed E-state index contributed by atoms with van der Waals surface area (Å²) in [6.07, 6.45) is 4.39. The van der Waals surface area contributed by atoms with Crippen molar-refractivity contribution in [2.24, 2.45) is 0 Å². The van der Waals surface area contributed by atoms with Crippen molar-refractivity contribution in [2.45, 2.75) is 0 Å². The maximum atomic E-state index is 5.09. The van der Waals surface area contributed by atoms with Gasteiger partial charge in [0.25, 0.3) is 0 Å². The van der Waals surface area contributed by atoms with Gasteiger partial charge in [-0.2, -0.15) is 0 Å². The molecule has 0 radical (unpaired) electrons. The molecule has 1 aromatic heterocycles. The number of fused-ring (bicyclic) bond motifs is 1. The summed E-state index contributed by atoms with van der Waals surface area (Å²) in [4.78, 5) is 0. The summed E-state index contributed by atoms with van der Waals surface area (Å²) in [5.41, 5.74) is 0. The largest absolute Gasteiger partial charge is 1.00 e. The molecule has 0 fully saturated rings. The van der Waals surface area contributed by atoms with Gasteiger partial charge in [-0.05, 0) is 6.26 Å². The summed E-state index contributed by atoms with van der Waals surface area (Å²) in [7, 11) is 1.63. The molecule has 0 atom stereocenters. The van der Waals surface area contributed by atoms with Gasteiger partial charge in [-0.25, -0.2) is 0 Å². The van der Waals surface area contributed by atoms with E-state index in [2.05, 4.69) is 6.26 Å². The van der Waals surface area contributed by atoms with Gasteiger partial charge in [0.05, 0.1) is 7.11 Å². The third-order valence-electron chi connectivity index (χ3n) is 1.63. The summed E-state index contributed by atoms with van der Waals surface area (Å²) >= 11 is 0. The summed E-state index contributed by atoms with van der Waals surface area (Å²) in [6.45, 7) is 0. The Hall–Kier alpha value is -0.843. The Labute approximate surface area is 82.7 Å². The van der Waals surface area contributed by atoms with Crippen molar-refractivity contribution in [3.63, 3.8) is 0 Å². The number of hydrogen-bond donors (Lipinski definition) is 0. The number of benzene rings is 1. The van der Waals surface area contributed by atoms with Crippen LogP contribution in [0, 0.1) is 6.26 Å². The number of ether oxygens (including phenoxy) is 1. The van der Waals surface area contributed by atoms with Crippen molar-refractivity contribution >= 4 is 10.8 Å². The first-order valence-electron chi connectivity index (χ1n) is 3.33. The Morgan fingerprint density at radius 1 is 1.42 bits per heavy atom. The Morgan fingerprint density at radius 3 is 3.00 bits per heavy atom. The van der Waals surface area contributed by atoms with Gasteiger partial charge >= 0.3 is 18.9 Å². The first-order valence-corrected chi connectivity index (χ1v) is 3.33. The van der Waals surface area contributed by atoms with Crippen LogP contribution >= 0.6 is 0 Å². The van der Waals surface area contributed by atoms with E-state index >= 15 is 0 Å². The molecule has 0 amide bonds. The molecule has 1 aromatic carbocycles. The van der Waals surface area contributed by atoms with E-state index in [1.165, 1.54) is 0 Å². The van der Waals surface area contributed by atoms with Gasteiger partial charge in [-0.3, -0.25) is 0 Å². The molecule has 0 spiro atoms. The summed E-state index contributed by atoms with van der Waals surface area (Å²) < 4.78 is 10.00. The van der Waals surface area contributed by atoms with E-state index in [4.69, 9.17) is 9.15 Å². The fourth-order valence-corrected chi connectivity index (χ4v) is 1.08. The molecule has 0 aliphatic rings. The van der Waals surface area contributed by atoms with Crippen LogP contribution in [0.5, 0.6) is 5.75 Å². The van der Waals surface area contributed by atoms with E-state index < -0.39 is 0 Å². The average Bonchev–Trinajstić information content (AvgIpc) is 2.50. The predicted octanol–water partition coefficient (Wildman–Crippen LogP) is -0.754. The van der Waals surface area contributed by atoms with Gasteiger partial charge in [-0.15, -0.1) is 11.5 Å². The zero-order valence-corrected chi connectivity index (χ0v) is 7.13. The second-order valence-electron chi connectivity index (χ2n) is 2.26. The van der Waals surface area contributed by atoms with Crippen molar-refractivity contribution in [2.75, 3.05) is 7.11 Å². The van der Waals surface area contributed by atoms with Crippen LogP contribution in [0.2, 0.25) is 0 Å². The molecule has 1 heterocycles. The quantitative estimate of drug-likeness (QED) is 0.398. The molecule has 0 saturated heterocycles. The third-order valence-corrected chi connectivity index (χ3v) is 1.63. The fourth-order valence-electron chi connectivity index (χ4n) is 1.08. The van der Waals surface area contributed by atoms with Crippen LogP contribution in [0.15, 0.2) is 28.9 Å². The molecule has 0 aliphatic carbocycles. The smallest absolute Gasteiger partial charge is 0.564 e. The summed E-state index contributed by atoms with van der Waals surface area (Å²) in [5.74, 6) is 0.802. The summed E-state index contributed by atoms with van der Waals surface area (Å²) in [6, 6.07) is 5.76. The zero-order chi connectivity index (χ0) is 7.68. The Morgan fingerprint density at radius 2 is 2.25 bits per heavy atom. The maximum Gasteiger partial charge on any atom is 1.00 e. The first kappa shape index (κ1) is 9.25. The SMILES string of the molecule is COc1cccc2co[c-]c12.[Li+]. The standard InChI is InChI=1S/C9H7O2.Li/c1-10-9-4-2-3-7-5-11-6-8(7)9;/h2-5H,1H3;/q-1;+1. The predicted molar refractivity (Wildman–Crippen MR) is 41.6 cm³/mol. The van der Waals surface area contributed by atoms with Crippen LogP contribution in [0.1, 0.15) is 0 Å². The van der Waals surface area contributed by atoms with Crippen LogP contribution in [-0.2, 0) is 0 Å². The molecule has 12 heavy (non-hydrogen) atoms. The Kier molecular flexibility index (Phi) is 2.86. The van der Waals surface area contributed by atoms with Gasteiger partial charge in [0, 0.05) is 12.0 Å². The first-order chi connectivity index (χ1) is 5.42. The van der Waals surface area contributed by atoms with Gasteiger partial charge in [0.1, 0.15) is 0 Å². The monoisotopic (exact) mass is 154 g/mol. The molecule has 0 N–H and O–H groups in total. The average molecular weight is 154 g/mol. The second kappa shape index (κ2) is 3.71. The Bertz CT molecular complexity index is 367. The van der Waals surface area contributed by atoms with E-state index in [-0.39, 0.29) is 18.9 Å². The normalized spacial score (nSPS) is 9.42. The van der Waals surface area contributed by atoms with Crippen molar-refractivity contribution in [3.8, 4) is 5.75 Å². The van der Waals surface area contributed by atoms with E-state index in [9.17, 15) is 0 Å². The van der Waals surface area contributed by atoms with Gasteiger partial charge in [-0.1, -0.05) is 17.5 Å². The number of furan rings is 1. The molecule has 0 bridgehead atoms. The maximum absolute atomic E-state index is 5.09. The van der Waals surface area contributed by atoms with E-state index in [1.54, 1.807) is 13.4 Å². The molecule has 0 aliphatic heterocycles. The van der Waals surface area contributed by atoms with Gasteiger partial charge in [0.2, 0.25) is 0 Å². The summed E-state index contributed by atoms with van der Waals surface area (Å²) in [5, 5.41) is 1.92. The van der Waals surface area contributed by atoms with E-state index in [0.29, 0.717) is 0 Å². The molecule has 2 aromatic rings. The molecule has 56 valence electrons. The minimum absolute atomic E-state index is 0. The van der Waals surface area contributed by atoms with E-state index in [1.807, 2.05) is 18.2 Å². The third kappa shape index (κ3) is 1.36. The molecular weight excluding hydrogens is 147 g/mol. The molecule has 0 unspecified atom stereocenters. The van der Waals surface area contributed by atoms with Crippen LogP contribution in [0.25, 0.3) is 10.8 Å². The molecule has 3 heteroatoms. The van der Waals surface area contributed by atoms with Crippen molar-refractivity contribution in [3.05, 3.63) is 30.7 Å². The molecule has 2 nitrogen and oxygen atoms in total. The van der Waals surface area contributed by atoms with Crippen molar-refractivity contribution < 1.29 is 28.0 Å². The number of rotatable bonds is 1. The minimum atomic E-state index is 0. The van der Waals surface area contributed by atoms with Gasteiger partial charge < -0.3 is 9.15 Å². The topological polar surface area (TPSA) is 22.4 Å². The molecule has 0 saturated carbocycles. The van der Waals surface area contributed by atoms with E-state index in [0.717, 1.165) is 16.5 Å². The zero-order valence-electron chi connectivity index (χ0n) is 7.13.